The Bertz CT molecular complexity index is 940. The van der Waals surface area contributed by atoms with E-state index in [2.05, 4.69) is 17.6 Å². The van der Waals surface area contributed by atoms with Gasteiger partial charge < -0.3 is 0 Å². The van der Waals surface area contributed by atoms with Gasteiger partial charge in [-0.25, -0.2) is 0 Å². The molecule has 0 saturated carbocycles. The predicted octanol–water partition coefficient (Wildman–Crippen LogP) is 5.58. The lowest BCUT2D eigenvalue weighted by Crippen LogP contribution is -2.39. The topological polar surface area (TPSA) is 32.3 Å². The Morgan fingerprint density at radius 3 is 1.96 bits per heavy atom. The first-order valence-corrected chi connectivity index (χ1v) is 9.11. The summed E-state index contributed by atoms with van der Waals surface area (Å²) in [6.07, 6.45) is 1.85. The normalized spacial score (nSPS) is 12.8. The zero-order valence-electron chi connectivity index (χ0n) is 13.9. The van der Waals surface area contributed by atoms with Crippen LogP contribution in [0.5, 0.6) is 0 Å². The molecule has 0 fully saturated rings. The average molecular weight is 383 g/mol. The lowest BCUT2D eigenvalue weighted by molar-refractivity contribution is 0.0953. The molecule has 1 aliphatic heterocycles. The summed E-state index contributed by atoms with van der Waals surface area (Å²) in [4.78, 5) is 12.9. The van der Waals surface area contributed by atoms with Gasteiger partial charge in [-0.3, -0.25) is 15.2 Å². The molecule has 1 amide bonds. The van der Waals surface area contributed by atoms with Crippen molar-refractivity contribution in [2.75, 3.05) is 5.01 Å². The Balaban J connectivity index is 1.75. The van der Waals surface area contributed by atoms with Crippen LogP contribution in [0.25, 0.3) is 0 Å². The summed E-state index contributed by atoms with van der Waals surface area (Å²) >= 11 is 12.0. The van der Waals surface area contributed by atoms with E-state index in [0.717, 1.165) is 24.2 Å². The van der Waals surface area contributed by atoms with E-state index >= 15 is 0 Å². The molecule has 130 valence electrons. The van der Waals surface area contributed by atoms with Crippen molar-refractivity contribution in [3.8, 4) is 0 Å². The molecule has 0 spiro atoms. The van der Waals surface area contributed by atoms with E-state index in [4.69, 9.17) is 23.2 Å². The number of aryl methyl sites for hydroxylation is 2. The van der Waals surface area contributed by atoms with Crippen LogP contribution in [0.15, 0.2) is 66.7 Å². The van der Waals surface area contributed by atoms with Crippen LogP contribution >= 0.6 is 23.2 Å². The molecule has 0 saturated heterocycles. The minimum absolute atomic E-state index is 0.241. The van der Waals surface area contributed by atoms with Gasteiger partial charge in [0.1, 0.15) is 0 Å². The molecule has 0 atom stereocenters. The maximum Gasteiger partial charge on any atom is 0.270 e. The van der Waals surface area contributed by atoms with Crippen molar-refractivity contribution in [3.05, 3.63) is 93.5 Å². The van der Waals surface area contributed by atoms with E-state index in [9.17, 15) is 4.79 Å². The maximum atomic E-state index is 12.9. The van der Waals surface area contributed by atoms with Gasteiger partial charge >= 0.3 is 0 Å². The second-order valence-electron chi connectivity index (χ2n) is 6.16. The standard InChI is InChI=1S/C21H16Cl2N2O/c22-17-12-11-16(13-18(17)23)21(26)24-25-19-7-3-1-5-14(19)9-10-15-6-2-4-8-20(15)25/h1-8,11-13H,9-10H2,(H,24,26). The smallest absolute Gasteiger partial charge is 0.267 e. The molecule has 0 radical (unpaired) electrons. The Morgan fingerprint density at radius 2 is 1.38 bits per heavy atom. The Morgan fingerprint density at radius 1 is 0.808 bits per heavy atom. The van der Waals surface area contributed by atoms with Gasteiger partial charge in [-0.1, -0.05) is 59.6 Å². The van der Waals surface area contributed by atoms with Crippen LogP contribution in [0.2, 0.25) is 10.0 Å². The number of nitrogens with zero attached hydrogens (tertiary/aromatic N) is 1. The van der Waals surface area contributed by atoms with E-state index in [-0.39, 0.29) is 5.91 Å². The number of amides is 1. The van der Waals surface area contributed by atoms with Crippen LogP contribution in [-0.4, -0.2) is 5.91 Å². The van der Waals surface area contributed by atoms with Gasteiger partial charge in [-0.2, -0.15) is 0 Å². The number of nitrogens with one attached hydrogen (secondary N) is 1. The molecule has 26 heavy (non-hydrogen) atoms. The van der Waals surface area contributed by atoms with Gasteiger partial charge in [-0.15, -0.1) is 0 Å². The van der Waals surface area contributed by atoms with Crippen LogP contribution in [0.1, 0.15) is 21.5 Å². The number of hydrazine groups is 1. The number of rotatable bonds is 2. The lowest BCUT2D eigenvalue weighted by Gasteiger charge is -2.27. The molecule has 3 aromatic carbocycles. The molecule has 1 aliphatic rings. The summed E-state index contributed by atoms with van der Waals surface area (Å²) in [5, 5.41) is 2.65. The van der Waals surface area contributed by atoms with Gasteiger partial charge in [-0.05, 0) is 54.3 Å². The van der Waals surface area contributed by atoms with E-state index in [1.807, 2.05) is 41.4 Å². The van der Waals surface area contributed by atoms with Crippen molar-refractivity contribution in [2.24, 2.45) is 0 Å². The highest BCUT2D eigenvalue weighted by atomic mass is 35.5. The number of anilines is 2. The predicted molar refractivity (Wildman–Crippen MR) is 106 cm³/mol. The molecule has 0 aromatic heterocycles. The number of hydrogen-bond acceptors (Lipinski definition) is 2. The van der Waals surface area contributed by atoms with Gasteiger partial charge in [0.25, 0.3) is 5.91 Å². The molecule has 4 rings (SSSR count). The van der Waals surface area contributed by atoms with Crippen molar-refractivity contribution in [3.63, 3.8) is 0 Å². The molecule has 3 nitrogen and oxygen atoms in total. The zero-order chi connectivity index (χ0) is 18.1. The quantitative estimate of drug-likeness (QED) is 0.627. The van der Waals surface area contributed by atoms with E-state index in [0.29, 0.717) is 15.6 Å². The molecule has 1 heterocycles. The van der Waals surface area contributed by atoms with Crippen molar-refractivity contribution in [1.82, 2.24) is 5.43 Å². The fourth-order valence-electron chi connectivity index (χ4n) is 3.20. The second-order valence-corrected chi connectivity index (χ2v) is 6.98. The highest BCUT2D eigenvalue weighted by Gasteiger charge is 2.22. The summed E-state index contributed by atoms with van der Waals surface area (Å²) < 4.78 is 0. The number of carbonyl (C=O) groups excluding carboxylic acids is 1. The van der Waals surface area contributed by atoms with E-state index in [1.165, 1.54) is 11.1 Å². The largest absolute Gasteiger partial charge is 0.270 e. The summed E-state index contributed by atoms with van der Waals surface area (Å²) in [5.74, 6) is -0.241. The van der Waals surface area contributed by atoms with E-state index in [1.54, 1.807) is 18.2 Å². The number of hydrogen-bond donors (Lipinski definition) is 1. The number of benzene rings is 3. The van der Waals surface area contributed by atoms with Crippen LogP contribution in [-0.2, 0) is 12.8 Å². The number of carbonyl (C=O) groups is 1. The minimum Gasteiger partial charge on any atom is -0.267 e. The van der Waals surface area contributed by atoms with Crippen molar-refractivity contribution >= 4 is 40.5 Å². The third-order valence-corrected chi connectivity index (χ3v) is 5.26. The molecular formula is C21H16Cl2N2O. The molecule has 1 N–H and O–H groups in total. The van der Waals surface area contributed by atoms with Crippen LogP contribution < -0.4 is 10.4 Å². The van der Waals surface area contributed by atoms with Crippen LogP contribution in [0, 0.1) is 0 Å². The first-order chi connectivity index (χ1) is 12.6. The number of para-hydroxylation sites is 2. The van der Waals surface area contributed by atoms with Crippen LogP contribution in [0.4, 0.5) is 11.4 Å². The summed E-state index contributed by atoms with van der Waals surface area (Å²) in [6, 6.07) is 21.1. The Kier molecular flexibility index (Phi) is 4.58. The highest BCUT2D eigenvalue weighted by Crippen LogP contribution is 2.34. The van der Waals surface area contributed by atoms with Gasteiger partial charge in [0.2, 0.25) is 0 Å². The van der Waals surface area contributed by atoms with Crippen molar-refractivity contribution < 1.29 is 4.79 Å². The summed E-state index contributed by atoms with van der Waals surface area (Å²) in [6.45, 7) is 0. The SMILES string of the molecule is O=C(NN1c2ccccc2CCc2ccccc21)c1ccc(Cl)c(Cl)c1. The van der Waals surface area contributed by atoms with Gasteiger partial charge in [0.05, 0.1) is 21.4 Å². The molecule has 0 bridgehead atoms. The first kappa shape index (κ1) is 17.0. The fourth-order valence-corrected chi connectivity index (χ4v) is 3.50. The fraction of sp³-hybridized carbons (Fsp3) is 0.0952. The third kappa shape index (κ3) is 3.16. The number of fused-ring (bicyclic) bond motifs is 2. The van der Waals surface area contributed by atoms with Gasteiger partial charge in [0, 0.05) is 5.56 Å². The van der Waals surface area contributed by atoms with Crippen LogP contribution in [0.3, 0.4) is 0 Å². The van der Waals surface area contributed by atoms with Crippen molar-refractivity contribution in [1.29, 1.82) is 0 Å². The molecule has 5 heteroatoms. The monoisotopic (exact) mass is 382 g/mol. The summed E-state index contributed by atoms with van der Waals surface area (Å²) in [5.41, 5.74) is 7.82. The summed E-state index contributed by atoms with van der Waals surface area (Å²) in [7, 11) is 0. The van der Waals surface area contributed by atoms with E-state index < -0.39 is 0 Å². The Labute approximate surface area is 162 Å². The molecule has 3 aromatic rings. The molecular weight excluding hydrogens is 367 g/mol. The minimum atomic E-state index is -0.241. The zero-order valence-corrected chi connectivity index (χ0v) is 15.4. The Hall–Kier alpha value is -2.49. The number of halogens is 2. The lowest BCUT2D eigenvalue weighted by atomic mass is 10.0. The molecule has 0 aliphatic carbocycles. The third-order valence-electron chi connectivity index (χ3n) is 4.52. The second kappa shape index (κ2) is 7.02. The molecule has 0 unspecified atom stereocenters. The average Bonchev–Trinajstić information content (AvgIpc) is 2.82. The van der Waals surface area contributed by atoms with Crippen molar-refractivity contribution in [2.45, 2.75) is 12.8 Å². The maximum absolute atomic E-state index is 12.9. The van der Waals surface area contributed by atoms with Gasteiger partial charge in [0.15, 0.2) is 0 Å². The first-order valence-electron chi connectivity index (χ1n) is 8.35. The highest BCUT2D eigenvalue weighted by molar-refractivity contribution is 6.42.